The van der Waals surface area contributed by atoms with Crippen LogP contribution in [0, 0.1) is 25.8 Å². The molecule has 0 spiro atoms. The molecule has 0 N–H and O–H groups in total. The second-order valence-corrected chi connectivity index (χ2v) is 19.6. The molecule has 10 aromatic rings. The summed E-state index contributed by atoms with van der Waals surface area (Å²) in [4.78, 5) is 11.0. The molecule has 2 unspecified atom stereocenters. The zero-order valence-electron chi connectivity index (χ0n) is 41.2. The van der Waals surface area contributed by atoms with E-state index in [1.54, 1.807) is 12.1 Å². The number of imidazole rings is 2. The molecule has 0 saturated heterocycles. The standard InChI is InChI=1S/C56H44N4O.Pt/c1-29-17-23-41-47-43(29)37-21-19-33(25-39(37)51-57-45-35-15-11-9-13-31(35)27-55(7,53(41,3)4)49(45)59(47)51)61-34-20-22-38-40(26-34)52-58-46-36-16-12-10-14-32(36)28-56(8)50(46)60(52)48-42(54(56,5)6)24-18-30(2)44(38)48;/h9-24H,27-28H2,1-8H3;/q-2;+2/i1D3,2D3;. The number of hydrogen-bond acceptors (Lipinski definition) is 3. The minimum Gasteiger partial charge on any atom is -0.497 e. The number of fused-ring (bicyclic) bond motifs is 10. The predicted octanol–water partition coefficient (Wildman–Crippen LogP) is 13.1. The van der Waals surface area contributed by atoms with Crippen molar-refractivity contribution in [1.82, 2.24) is 18.8 Å². The molecule has 62 heavy (non-hydrogen) atoms. The summed E-state index contributed by atoms with van der Waals surface area (Å²) in [6.07, 6.45) is 1.62. The van der Waals surface area contributed by atoms with Gasteiger partial charge in [-0.3, -0.25) is 9.97 Å². The number of benzene rings is 6. The fourth-order valence-electron chi connectivity index (χ4n) is 12.5. The summed E-state index contributed by atoms with van der Waals surface area (Å²) in [6, 6.07) is 39.4. The van der Waals surface area contributed by atoms with E-state index in [4.69, 9.17) is 22.9 Å². The Balaban J connectivity index is 0.00000457. The quantitative estimate of drug-likeness (QED) is 0.128. The van der Waals surface area contributed by atoms with Crippen molar-refractivity contribution in [2.24, 2.45) is 0 Å². The first-order valence-electron chi connectivity index (χ1n) is 24.4. The number of ether oxygens (including phenoxy) is 1. The van der Waals surface area contributed by atoms with Crippen molar-refractivity contribution < 1.29 is 34.0 Å². The average Bonchev–Trinajstić information content (AvgIpc) is 3.90. The van der Waals surface area contributed by atoms with E-state index >= 15 is 0 Å². The van der Waals surface area contributed by atoms with Gasteiger partial charge in [-0.25, -0.2) is 0 Å². The number of nitrogens with zero attached hydrogens (tertiary/aromatic N) is 4. The summed E-state index contributed by atoms with van der Waals surface area (Å²) >= 11 is 0. The zero-order chi connectivity index (χ0) is 46.3. The van der Waals surface area contributed by atoms with E-state index in [1.165, 1.54) is 11.1 Å². The van der Waals surface area contributed by atoms with E-state index in [9.17, 15) is 0 Å². The van der Waals surface area contributed by atoms with Gasteiger partial charge in [0, 0.05) is 74.9 Å². The van der Waals surface area contributed by atoms with Crippen LogP contribution in [0.4, 0.5) is 0 Å². The van der Waals surface area contributed by atoms with Crippen LogP contribution < -0.4 is 4.74 Å². The summed E-state index contributed by atoms with van der Waals surface area (Å²) in [5.41, 5.74) is 13.1. The predicted molar refractivity (Wildman–Crippen MR) is 247 cm³/mol. The van der Waals surface area contributed by atoms with Crippen molar-refractivity contribution in [3.63, 3.8) is 0 Å². The van der Waals surface area contributed by atoms with Gasteiger partial charge in [-0.15, -0.1) is 12.1 Å². The monoisotopic (exact) mass is 989 g/mol. The summed E-state index contributed by atoms with van der Waals surface area (Å²) in [6.45, 7) is 9.02. The summed E-state index contributed by atoms with van der Waals surface area (Å²) in [7, 11) is 0. The molecule has 6 aromatic carbocycles. The van der Waals surface area contributed by atoms with Gasteiger partial charge in [-0.1, -0.05) is 171 Å². The van der Waals surface area contributed by atoms with E-state index in [-0.39, 0.29) is 53.9 Å². The van der Waals surface area contributed by atoms with Gasteiger partial charge in [0.15, 0.2) is 0 Å². The van der Waals surface area contributed by atoms with Crippen molar-refractivity contribution in [2.45, 2.75) is 89.7 Å². The SMILES string of the molecule is [2H]C([2H])([2H])c1ccc2c3c1c1ccc(Oc4[c-]c5c(cc4)c4c(C([2H])([2H])[2H])ccc6c4n4c7c(nc54)-c4ccccc4CC7(C)C6(C)C)[c-]c1c1nc4c(n13)C(C)(Cc1ccccc1-4)C2(C)C.[Pt+2]. The second-order valence-electron chi connectivity index (χ2n) is 19.6. The Hall–Kier alpha value is -5.77. The molecule has 2 aliphatic carbocycles. The average molecular weight is 990 g/mol. The molecule has 6 heterocycles. The van der Waals surface area contributed by atoms with Crippen molar-refractivity contribution >= 4 is 54.6 Å². The Kier molecular flexibility index (Phi) is 5.74. The first kappa shape index (κ1) is 31.1. The molecule has 0 saturated carbocycles. The van der Waals surface area contributed by atoms with E-state index < -0.39 is 13.7 Å². The smallest absolute Gasteiger partial charge is 0.497 e. The molecule has 14 rings (SSSR count). The van der Waals surface area contributed by atoms with Crippen molar-refractivity contribution in [3.8, 4) is 34.0 Å². The van der Waals surface area contributed by atoms with E-state index in [0.717, 1.165) is 79.7 Å². The van der Waals surface area contributed by atoms with Gasteiger partial charge < -0.3 is 13.5 Å². The molecular formula is C56H44N4OPt. The van der Waals surface area contributed by atoms with Gasteiger partial charge in [0.25, 0.3) is 0 Å². The molecule has 4 aromatic heterocycles. The zero-order valence-corrected chi connectivity index (χ0v) is 37.4. The maximum absolute atomic E-state index is 8.77. The molecule has 5 nitrogen and oxygen atoms in total. The number of pyridine rings is 2. The minimum absolute atomic E-state index is 0. The van der Waals surface area contributed by atoms with Crippen molar-refractivity contribution in [3.05, 3.63) is 154 Å². The summed E-state index contributed by atoms with van der Waals surface area (Å²) in [5, 5.41) is 4.16. The molecule has 0 fully saturated rings. The van der Waals surface area contributed by atoms with Crippen LogP contribution in [-0.2, 0) is 55.6 Å². The largest absolute Gasteiger partial charge is 2.00 e. The van der Waals surface area contributed by atoms with Gasteiger partial charge in [-0.2, -0.15) is 0 Å². The van der Waals surface area contributed by atoms with E-state index in [2.05, 4.69) is 111 Å². The van der Waals surface area contributed by atoms with E-state index in [0.29, 0.717) is 44.3 Å². The van der Waals surface area contributed by atoms with Crippen LogP contribution in [0.2, 0.25) is 0 Å². The minimum atomic E-state index is -2.38. The molecular weight excluding hydrogens is 940 g/mol. The number of aromatic nitrogens is 4. The second kappa shape index (κ2) is 11.4. The van der Waals surface area contributed by atoms with Crippen LogP contribution in [0.5, 0.6) is 11.5 Å². The number of hydrogen-bond donors (Lipinski definition) is 0. The number of aryl methyl sites for hydroxylation is 2. The summed E-state index contributed by atoms with van der Waals surface area (Å²) in [5.74, 6) is 0.818. The maximum atomic E-state index is 8.77. The molecule has 4 aliphatic rings. The van der Waals surface area contributed by atoms with Crippen LogP contribution in [-0.4, -0.2) is 18.8 Å². The molecule has 304 valence electrons. The molecule has 0 amide bonds. The third kappa shape index (κ3) is 3.99. The van der Waals surface area contributed by atoms with Crippen LogP contribution in [0.1, 0.15) is 94.5 Å². The van der Waals surface area contributed by atoms with Crippen LogP contribution >= 0.6 is 0 Å². The maximum Gasteiger partial charge on any atom is 2.00 e. The summed E-state index contributed by atoms with van der Waals surface area (Å²) < 4.78 is 63.9. The Morgan fingerprint density at radius 2 is 1.00 bits per heavy atom. The Morgan fingerprint density at radius 1 is 0.565 bits per heavy atom. The molecule has 0 bridgehead atoms. The first-order valence-corrected chi connectivity index (χ1v) is 21.4. The molecule has 2 atom stereocenters. The van der Waals surface area contributed by atoms with Gasteiger partial charge in [0.05, 0.1) is 22.7 Å². The molecule has 2 aliphatic heterocycles. The van der Waals surface area contributed by atoms with Gasteiger partial charge in [0.2, 0.25) is 0 Å². The molecule has 6 heteroatoms. The topological polar surface area (TPSA) is 43.8 Å². The normalized spacial score (nSPS) is 22.5. The van der Waals surface area contributed by atoms with Crippen molar-refractivity contribution in [1.29, 1.82) is 0 Å². The van der Waals surface area contributed by atoms with Crippen molar-refractivity contribution in [2.75, 3.05) is 0 Å². The fraction of sp³-hybridized carbons (Fsp3) is 0.250. The molecule has 0 radical (unpaired) electrons. The Bertz CT molecular complexity index is 3730. The van der Waals surface area contributed by atoms with Crippen LogP contribution in [0.15, 0.2) is 97.1 Å². The Morgan fingerprint density at radius 3 is 1.44 bits per heavy atom. The fourth-order valence-corrected chi connectivity index (χ4v) is 12.5. The third-order valence-corrected chi connectivity index (χ3v) is 16.4. The van der Waals surface area contributed by atoms with E-state index in [1.807, 2.05) is 36.4 Å². The van der Waals surface area contributed by atoms with Crippen LogP contribution in [0.25, 0.3) is 77.2 Å². The van der Waals surface area contributed by atoms with Crippen LogP contribution in [0.3, 0.4) is 0 Å². The van der Waals surface area contributed by atoms with Gasteiger partial charge in [-0.05, 0) is 59.6 Å². The third-order valence-electron chi connectivity index (χ3n) is 16.4. The van der Waals surface area contributed by atoms with Gasteiger partial charge in [0.1, 0.15) is 0 Å². The number of rotatable bonds is 2. The Labute approximate surface area is 383 Å². The van der Waals surface area contributed by atoms with Gasteiger partial charge >= 0.3 is 21.1 Å². The first-order chi connectivity index (χ1) is 31.7.